The first kappa shape index (κ1) is 15.5. The van der Waals surface area contributed by atoms with Gasteiger partial charge < -0.3 is 20.3 Å². The lowest BCUT2D eigenvalue weighted by atomic mass is 9.91. The number of nitrogens with zero attached hydrogens (tertiary/aromatic N) is 1. The molecule has 3 aliphatic heterocycles. The lowest BCUT2D eigenvalue weighted by Crippen LogP contribution is -2.49. The first-order chi connectivity index (χ1) is 11.6. The van der Waals surface area contributed by atoms with E-state index in [2.05, 4.69) is 10.3 Å². The molecule has 0 aromatic carbocycles. The van der Waals surface area contributed by atoms with Gasteiger partial charge in [-0.2, -0.15) is 0 Å². The molecule has 0 amide bonds. The molecule has 1 atom stereocenters. The zero-order valence-corrected chi connectivity index (χ0v) is 14.0. The molecule has 2 fully saturated rings. The van der Waals surface area contributed by atoms with Gasteiger partial charge in [0.1, 0.15) is 5.70 Å². The zero-order valence-electron chi connectivity index (χ0n) is 13.2. The number of hydrogen-bond acceptors (Lipinski definition) is 5. The van der Waals surface area contributed by atoms with Gasteiger partial charge in [-0.1, -0.05) is 0 Å². The maximum atomic E-state index is 12.0. The SMILES string of the molecule is O=C(O)C1=C(C(=C2CCNC2)c2cc[nH]c(=O)c2)CSC2CCN12. The molecule has 126 valence electrons. The molecule has 0 aliphatic carbocycles. The first-order valence-electron chi connectivity index (χ1n) is 8.12. The van der Waals surface area contributed by atoms with Gasteiger partial charge in [-0.25, -0.2) is 4.79 Å². The van der Waals surface area contributed by atoms with Gasteiger partial charge in [-0.05, 0) is 42.2 Å². The van der Waals surface area contributed by atoms with E-state index in [9.17, 15) is 14.7 Å². The fourth-order valence-corrected chi connectivity index (χ4v) is 4.93. The summed E-state index contributed by atoms with van der Waals surface area (Å²) in [7, 11) is 0. The van der Waals surface area contributed by atoms with Crippen LogP contribution in [0.3, 0.4) is 0 Å². The van der Waals surface area contributed by atoms with Crippen molar-refractivity contribution in [2.45, 2.75) is 18.2 Å². The second kappa shape index (κ2) is 6.14. The largest absolute Gasteiger partial charge is 0.477 e. The number of H-pyrrole nitrogens is 1. The number of carboxylic acid groups (broad SMARTS) is 1. The van der Waals surface area contributed by atoms with Crippen molar-refractivity contribution in [2.24, 2.45) is 0 Å². The monoisotopic (exact) mass is 345 g/mol. The van der Waals surface area contributed by atoms with Crippen molar-refractivity contribution in [3.63, 3.8) is 0 Å². The molecule has 6 nitrogen and oxygen atoms in total. The van der Waals surface area contributed by atoms with Crippen LogP contribution >= 0.6 is 11.8 Å². The summed E-state index contributed by atoms with van der Waals surface area (Å²) in [6.45, 7) is 2.42. The minimum absolute atomic E-state index is 0.167. The Hall–Kier alpha value is -1.99. The van der Waals surface area contributed by atoms with Crippen LogP contribution in [-0.4, -0.2) is 51.7 Å². The number of fused-ring (bicyclic) bond motifs is 1. The van der Waals surface area contributed by atoms with E-state index in [0.717, 1.165) is 49.2 Å². The number of carbonyl (C=O) groups is 1. The minimum atomic E-state index is -0.871. The third kappa shape index (κ3) is 2.57. The third-order valence-corrected chi connectivity index (χ3v) is 6.15. The summed E-state index contributed by atoms with van der Waals surface area (Å²) < 4.78 is 0. The number of aromatic amines is 1. The van der Waals surface area contributed by atoms with Gasteiger partial charge in [0.15, 0.2) is 0 Å². The number of thioether (sulfide) groups is 1. The van der Waals surface area contributed by atoms with E-state index in [1.165, 1.54) is 5.57 Å². The number of allylic oxidation sites excluding steroid dienone is 1. The normalized spacial score (nSPS) is 25.3. The van der Waals surface area contributed by atoms with E-state index in [1.807, 2.05) is 11.0 Å². The van der Waals surface area contributed by atoms with E-state index >= 15 is 0 Å². The molecule has 1 aromatic heterocycles. The summed E-state index contributed by atoms with van der Waals surface area (Å²) in [4.78, 5) is 28.4. The number of pyridine rings is 1. The maximum Gasteiger partial charge on any atom is 0.352 e. The Bertz CT molecular complexity index is 803. The van der Waals surface area contributed by atoms with Crippen molar-refractivity contribution in [3.05, 3.63) is 51.1 Å². The molecule has 4 heterocycles. The van der Waals surface area contributed by atoms with Crippen molar-refractivity contribution in [2.75, 3.05) is 25.4 Å². The molecule has 24 heavy (non-hydrogen) atoms. The lowest BCUT2D eigenvalue weighted by molar-refractivity contribution is -0.135. The van der Waals surface area contributed by atoms with Crippen molar-refractivity contribution in [1.29, 1.82) is 0 Å². The highest BCUT2D eigenvalue weighted by molar-refractivity contribution is 8.00. The Kier molecular flexibility index (Phi) is 3.97. The quantitative estimate of drug-likeness (QED) is 0.764. The van der Waals surface area contributed by atoms with Crippen LogP contribution in [0, 0.1) is 0 Å². The molecule has 0 radical (unpaired) electrons. The van der Waals surface area contributed by atoms with E-state index in [4.69, 9.17) is 0 Å². The summed E-state index contributed by atoms with van der Waals surface area (Å²) in [6, 6.07) is 3.43. The van der Waals surface area contributed by atoms with E-state index < -0.39 is 5.97 Å². The van der Waals surface area contributed by atoms with Gasteiger partial charge in [-0.3, -0.25) is 4.79 Å². The molecule has 4 rings (SSSR count). The highest BCUT2D eigenvalue weighted by Crippen LogP contribution is 2.44. The summed E-state index contributed by atoms with van der Waals surface area (Å²) >= 11 is 1.79. The molecule has 0 saturated carbocycles. The molecule has 0 bridgehead atoms. The number of rotatable bonds is 3. The van der Waals surface area contributed by atoms with Crippen LogP contribution < -0.4 is 10.9 Å². The van der Waals surface area contributed by atoms with E-state index in [-0.39, 0.29) is 10.9 Å². The van der Waals surface area contributed by atoms with Crippen molar-refractivity contribution >= 4 is 23.3 Å². The topological polar surface area (TPSA) is 85.4 Å². The van der Waals surface area contributed by atoms with Crippen molar-refractivity contribution < 1.29 is 9.90 Å². The summed E-state index contributed by atoms with van der Waals surface area (Å²) in [5, 5.41) is 13.4. The van der Waals surface area contributed by atoms with Gasteiger partial charge in [0.2, 0.25) is 5.56 Å². The minimum Gasteiger partial charge on any atom is -0.477 e. The Labute approximate surface area is 143 Å². The van der Waals surface area contributed by atoms with Crippen LogP contribution in [0.5, 0.6) is 0 Å². The maximum absolute atomic E-state index is 12.0. The smallest absolute Gasteiger partial charge is 0.352 e. The van der Waals surface area contributed by atoms with Crippen molar-refractivity contribution in [3.8, 4) is 0 Å². The molecule has 1 aromatic rings. The molecule has 3 N–H and O–H groups in total. The molecule has 1 unspecified atom stereocenters. The van der Waals surface area contributed by atoms with E-state index in [0.29, 0.717) is 11.4 Å². The molecule has 2 saturated heterocycles. The number of aromatic nitrogens is 1. The first-order valence-corrected chi connectivity index (χ1v) is 9.17. The van der Waals surface area contributed by atoms with E-state index in [1.54, 1.807) is 24.0 Å². The number of aliphatic carboxylic acids is 1. The van der Waals surface area contributed by atoms with Gasteiger partial charge in [0.05, 0.1) is 5.37 Å². The number of hydrogen-bond donors (Lipinski definition) is 3. The highest BCUT2D eigenvalue weighted by atomic mass is 32.2. The second-order valence-corrected chi connectivity index (χ2v) is 7.39. The van der Waals surface area contributed by atoms with Crippen LogP contribution in [0.25, 0.3) is 5.57 Å². The Morgan fingerprint density at radius 2 is 2.29 bits per heavy atom. The molecule has 0 spiro atoms. The van der Waals surface area contributed by atoms with Gasteiger partial charge >= 0.3 is 5.97 Å². The fourth-order valence-electron chi connectivity index (χ4n) is 3.63. The lowest BCUT2D eigenvalue weighted by Gasteiger charge is -2.46. The average Bonchev–Trinajstić information content (AvgIpc) is 3.03. The van der Waals surface area contributed by atoms with Crippen LogP contribution in [-0.2, 0) is 4.79 Å². The molecule has 3 aliphatic rings. The number of carboxylic acids is 1. The zero-order chi connectivity index (χ0) is 16.7. The molecular formula is C17H19N3O3S. The highest BCUT2D eigenvalue weighted by Gasteiger charge is 2.40. The predicted molar refractivity (Wildman–Crippen MR) is 93.7 cm³/mol. The van der Waals surface area contributed by atoms with Crippen LogP contribution in [0.2, 0.25) is 0 Å². The van der Waals surface area contributed by atoms with Crippen LogP contribution in [0.1, 0.15) is 18.4 Å². The van der Waals surface area contributed by atoms with Gasteiger partial charge in [-0.15, -0.1) is 11.8 Å². The average molecular weight is 345 g/mol. The Morgan fingerprint density at radius 1 is 1.42 bits per heavy atom. The summed E-state index contributed by atoms with van der Waals surface area (Å²) in [5.41, 5.74) is 4.05. The fraction of sp³-hybridized carbons (Fsp3) is 0.412. The van der Waals surface area contributed by atoms with Gasteiger partial charge in [0.25, 0.3) is 0 Å². The number of nitrogens with one attached hydrogen (secondary N) is 2. The summed E-state index contributed by atoms with van der Waals surface area (Å²) in [5.74, 6) is -0.196. The standard InChI is InChI=1S/C17H19N3O3S/c21-13-7-10(2-5-19-13)15(11-1-4-18-8-11)12-9-24-14-3-6-20(14)16(12)17(22)23/h2,5,7,14,18H,1,3-4,6,8-9H2,(H,19,21)(H,22,23). The predicted octanol–water partition coefficient (Wildman–Crippen LogP) is 1.24. The van der Waals surface area contributed by atoms with Crippen LogP contribution in [0.4, 0.5) is 0 Å². The molecule has 7 heteroatoms. The van der Waals surface area contributed by atoms with Crippen molar-refractivity contribution in [1.82, 2.24) is 15.2 Å². The Balaban J connectivity index is 1.91. The van der Waals surface area contributed by atoms with Crippen LogP contribution in [0.15, 0.2) is 40.0 Å². The third-order valence-electron chi connectivity index (χ3n) is 4.82. The van der Waals surface area contributed by atoms with Gasteiger partial charge in [0, 0.05) is 36.7 Å². The Morgan fingerprint density at radius 3 is 2.92 bits per heavy atom. The second-order valence-electron chi connectivity index (χ2n) is 6.23. The molecular weight excluding hydrogens is 326 g/mol. The summed E-state index contributed by atoms with van der Waals surface area (Å²) in [6.07, 6.45) is 3.55.